The van der Waals surface area contributed by atoms with Crippen LogP contribution in [0.25, 0.3) is 0 Å². The minimum atomic E-state index is -4.50. The van der Waals surface area contributed by atoms with E-state index >= 15 is 0 Å². The Labute approximate surface area is 181 Å². The summed E-state index contributed by atoms with van der Waals surface area (Å²) < 4.78 is 38.5. The van der Waals surface area contributed by atoms with E-state index in [1.165, 1.54) is 35.6 Å². The van der Waals surface area contributed by atoms with Crippen molar-refractivity contribution in [2.45, 2.75) is 32.4 Å². The third kappa shape index (κ3) is 6.14. The molecule has 2 aromatic carbocycles. The molecule has 0 fully saturated rings. The Hall–Kier alpha value is -3.20. The van der Waals surface area contributed by atoms with E-state index in [1.807, 2.05) is 19.2 Å². The van der Waals surface area contributed by atoms with Gasteiger partial charge in [-0.25, -0.2) is 4.98 Å². The van der Waals surface area contributed by atoms with Gasteiger partial charge in [0, 0.05) is 28.2 Å². The Morgan fingerprint density at radius 2 is 1.71 bits per heavy atom. The van der Waals surface area contributed by atoms with Crippen molar-refractivity contribution in [2.24, 2.45) is 0 Å². The molecule has 0 aliphatic heterocycles. The zero-order valence-electron chi connectivity index (χ0n) is 16.8. The van der Waals surface area contributed by atoms with E-state index < -0.39 is 17.6 Å². The summed E-state index contributed by atoms with van der Waals surface area (Å²) in [6.45, 7) is 4.05. The SMILES string of the molecule is CC(C)c1nc(CC(=O)Nc2cccc(C(=O)Nc3cccc(C(F)(F)F)c3)c2)cs1. The normalized spacial score (nSPS) is 11.4. The molecule has 9 heteroatoms. The van der Waals surface area contributed by atoms with Crippen LogP contribution >= 0.6 is 11.3 Å². The van der Waals surface area contributed by atoms with Gasteiger partial charge in [0.25, 0.3) is 5.91 Å². The van der Waals surface area contributed by atoms with Crippen LogP contribution in [0.4, 0.5) is 24.5 Å². The largest absolute Gasteiger partial charge is 0.416 e. The van der Waals surface area contributed by atoms with Crippen molar-refractivity contribution in [1.82, 2.24) is 4.98 Å². The van der Waals surface area contributed by atoms with Crippen LogP contribution in [0.15, 0.2) is 53.9 Å². The fourth-order valence-electron chi connectivity index (χ4n) is 2.75. The standard InChI is InChI=1S/C22H20F3N3O2S/c1-13(2)21-28-18(12-31-21)11-19(29)26-16-7-3-5-14(9-16)20(30)27-17-8-4-6-15(10-17)22(23,24)25/h3-10,12-13H,11H2,1-2H3,(H,26,29)(H,27,30). The lowest BCUT2D eigenvalue weighted by atomic mass is 10.1. The number of nitrogens with one attached hydrogen (secondary N) is 2. The third-order valence-corrected chi connectivity index (χ3v) is 5.46. The lowest BCUT2D eigenvalue weighted by molar-refractivity contribution is -0.137. The van der Waals surface area contributed by atoms with Gasteiger partial charge in [-0.2, -0.15) is 13.2 Å². The van der Waals surface area contributed by atoms with Crippen molar-refractivity contribution >= 4 is 34.5 Å². The second-order valence-electron chi connectivity index (χ2n) is 7.17. The highest BCUT2D eigenvalue weighted by Gasteiger charge is 2.30. The van der Waals surface area contributed by atoms with Crippen molar-refractivity contribution in [3.8, 4) is 0 Å². The van der Waals surface area contributed by atoms with Crippen molar-refractivity contribution in [3.05, 3.63) is 75.7 Å². The number of benzene rings is 2. The molecule has 5 nitrogen and oxygen atoms in total. The van der Waals surface area contributed by atoms with Gasteiger partial charge >= 0.3 is 6.18 Å². The molecule has 0 saturated carbocycles. The first kappa shape index (κ1) is 22.5. The molecule has 0 atom stereocenters. The number of hydrogen-bond donors (Lipinski definition) is 2. The highest BCUT2D eigenvalue weighted by atomic mass is 32.1. The minimum absolute atomic E-state index is 0.0266. The van der Waals surface area contributed by atoms with Crippen molar-refractivity contribution in [3.63, 3.8) is 0 Å². The van der Waals surface area contributed by atoms with Gasteiger partial charge in [-0.15, -0.1) is 11.3 Å². The van der Waals surface area contributed by atoms with Crippen molar-refractivity contribution < 1.29 is 22.8 Å². The summed E-state index contributed by atoms with van der Waals surface area (Å²) in [6.07, 6.45) is -4.40. The summed E-state index contributed by atoms with van der Waals surface area (Å²) in [4.78, 5) is 29.2. The van der Waals surface area contributed by atoms with Gasteiger partial charge in [-0.1, -0.05) is 26.0 Å². The molecule has 3 aromatic rings. The Bertz CT molecular complexity index is 1090. The molecule has 0 aliphatic rings. The molecule has 1 heterocycles. The smallest absolute Gasteiger partial charge is 0.326 e. The Balaban J connectivity index is 1.65. The molecule has 2 N–H and O–H groups in total. The van der Waals surface area contributed by atoms with Gasteiger partial charge in [0.15, 0.2) is 0 Å². The number of hydrogen-bond acceptors (Lipinski definition) is 4. The maximum absolute atomic E-state index is 12.8. The molecule has 0 spiro atoms. The zero-order chi connectivity index (χ0) is 22.6. The van der Waals surface area contributed by atoms with E-state index in [0.29, 0.717) is 11.4 Å². The van der Waals surface area contributed by atoms with Crippen LogP contribution in [0.3, 0.4) is 0 Å². The third-order valence-electron chi connectivity index (χ3n) is 4.26. The number of halogens is 3. The summed E-state index contributed by atoms with van der Waals surface area (Å²) >= 11 is 1.50. The van der Waals surface area contributed by atoms with E-state index in [4.69, 9.17) is 0 Å². The van der Waals surface area contributed by atoms with Crippen LogP contribution in [-0.2, 0) is 17.4 Å². The van der Waals surface area contributed by atoms with Crippen LogP contribution < -0.4 is 10.6 Å². The Kier molecular flexibility index (Phi) is 6.74. The van der Waals surface area contributed by atoms with E-state index in [1.54, 1.807) is 12.1 Å². The number of thiazole rings is 1. The molecule has 0 bridgehead atoms. The molecule has 0 saturated heterocycles. The molecule has 1 aromatic heterocycles. The average molecular weight is 447 g/mol. The van der Waals surface area contributed by atoms with Gasteiger partial charge in [-0.3, -0.25) is 9.59 Å². The molecule has 162 valence electrons. The maximum atomic E-state index is 12.8. The monoisotopic (exact) mass is 447 g/mol. The van der Waals surface area contributed by atoms with Gasteiger partial charge < -0.3 is 10.6 Å². The topological polar surface area (TPSA) is 71.1 Å². The lowest BCUT2D eigenvalue weighted by Gasteiger charge is -2.11. The fourth-order valence-corrected chi connectivity index (χ4v) is 3.59. The second-order valence-corrected chi connectivity index (χ2v) is 8.06. The molecule has 2 amide bonds. The summed E-state index contributed by atoms with van der Waals surface area (Å²) in [5.74, 6) is -0.582. The number of carbonyl (C=O) groups excluding carboxylic acids is 2. The molecule has 0 unspecified atom stereocenters. The van der Waals surface area contributed by atoms with E-state index in [9.17, 15) is 22.8 Å². The van der Waals surface area contributed by atoms with Crippen LogP contribution in [0, 0.1) is 0 Å². The van der Waals surface area contributed by atoms with Crippen LogP contribution in [0.2, 0.25) is 0 Å². The van der Waals surface area contributed by atoms with Gasteiger partial charge in [-0.05, 0) is 36.4 Å². The maximum Gasteiger partial charge on any atom is 0.416 e. The van der Waals surface area contributed by atoms with Crippen LogP contribution in [-0.4, -0.2) is 16.8 Å². The number of alkyl halides is 3. The predicted octanol–water partition coefficient (Wildman–Crippen LogP) is 5.72. The van der Waals surface area contributed by atoms with E-state index in [0.717, 1.165) is 17.1 Å². The molecule has 0 radical (unpaired) electrons. The summed E-state index contributed by atoms with van der Waals surface area (Å²) in [7, 11) is 0. The van der Waals surface area contributed by atoms with Gasteiger partial charge in [0.2, 0.25) is 5.91 Å². The minimum Gasteiger partial charge on any atom is -0.326 e. The summed E-state index contributed by atoms with van der Waals surface area (Å²) in [5.41, 5.74) is 0.448. The lowest BCUT2D eigenvalue weighted by Crippen LogP contribution is -2.16. The average Bonchev–Trinajstić information content (AvgIpc) is 3.16. The highest BCUT2D eigenvalue weighted by Crippen LogP contribution is 2.30. The van der Waals surface area contributed by atoms with Crippen molar-refractivity contribution in [2.75, 3.05) is 10.6 Å². The number of nitrogens with zero attached hydrogens (tertiary/aromatic N) is 1. The first-order valence-corrected chi connectivity index (χ1v) is 10.3. The molecular weight excluding hydrogens is 427 g/mol. The number of anilines is 2. The quantitative estimate of drug-likeness (QED) is 0.508. The number of carbonyl (C=O) groups is 2. The molecule has 31 heavy (non-hydrogen) atoms. The van der Waals surface area contributed by atoms with E-state index in [2.05, 4.69) is 15.6 Å². The first-order valence-electron chi connectivity index (χ1n) is 9.44. The Morgan fingerprint density at radius 3 is 2.35 bits per heavy atom. The van der Waals surface area contributed by atoms with Gasteiger partial charge in [0.05, 0.1) is 22.7 Å². The second kappa shape index (κ2) is 9.30. The number of aromatic nitrogens is 1. The molecular formula is C22H20F3N3O2S. The molecule has 0 aliphatic carbocycles. The number of rotatable bonds is 6. The predicted molar refractivity (Wildman–Crippen MR) is 114 cm³/mol. The van der Waals surface area contributed by atoms with Crippen molar-refractivity contribution in [1.29, 1.82) is 0 Å². The zero-order valence-corrected chi connectivity index (χ0v) is 17.6. The molecule has 3 rings (SSSR count). The number of amides is 2. The van der Waals surface area contributed by atoms with Crippen LogP contribution in [0.5, 0.6) is 0 Å². The van der Waals surface area contributed by atoms with Gasteiger partial charge in [0.1, 0.15) is 0 Å². The van der Waals surface area contributed by atoms with Crippen LogP contribution in [0.1, 0.15) is 46.4 Å². The fraction of sp³-hybridized carbons (Fsp3) is 0.227. The Morgan fingerprint density at radius 1 is 1.03 bits per heavy atom. The first-order chi connectivity index (χ1) is 14.6. The summed E-state index contributed by atoms with van der Waals surface area (Å²) in [6, 6.07) is 10.6. The summed E-state index contributed by atoms with van der Waals surface area (Å²) in [5, 5.41) is 7.95. The van der Waals surface area contributed by atoms with E-state index in [-0.39, 0.29) is 29.5 Å². The highest BCUT2D eigenvalue weighted by molar-refractivity contribution is 7.09.